The molecule has 0 aliphatic rings. The molecule has 0 radical (unpaired) electrons. The minimum Gasteiger partial charge on any atom is -0.299 e. The van der Waals surface area contributed by atoms with Crippen molar-refractivity contribution < 1.29 is 4.79 Å². The molecule has 3 heteroatoms. The van der Waals surface area contributed by atoms with Gasteiger partial charge in [0.15, 0.2) is 0 Å². The third-order valence-electron chi connectivity index (χ3n) is 2.04. The molecule has 1 rings (SSSR count). The number of carbonyl (C=O) groups is 1. The van der Waals surface area contributed by atoms with Gasteiger partial charge in [0.1, 0.15) is 12.1 Å². The SMILES string of the molecule is Cc1cc(CC(=O)C(C)(C)C)ncn1. The summed E-state index contributed by atoms with van der Waals surface area (Å²) in [7, 11) is 0. The second kappa shape index (κ2) is 3.86. The zero-order chi connectivity index (χ0) is 10.8. The summed E-state index contributed by atoms with van der Waals surface area (Å²) in [5.74, 6) is 0.204. The predicted molar refractivity (Wildman–Crippen MR) is 54.9 cm³/mol. The molecular formula is C11H16N2O. The second-order valence-electron chi connectivity index (χ2n) is 4.50. The van der Waals surface area contributed by atoms with Crippen LogP contribution in [0.1, 0.15) is 32.2 Å². The van der Waals surface area contributed by atoms with Crippen LogP contribution in [0.2, 0.25) is 0 Å². The highest BCUT2D eigenvalue weighted by molar-refractivity contribution is 5.85. The molecule has 3 nitrogen and oxygen atoms in total. The molecule has 0 unspecified atom stereocenters. The molecule has 0 N–H and O–H groups in total. The van der Waals surface area contributed by atoms with Gasteiger partial charge in [-0.1, -0.05) is 20.8 Å². The van der Waals surface area contributed by atoms with E-state index in [1.54, 1.807) is 0 Å². The van der Waals surface area contributed by atoms with Crippen LogP contribution in [-0.2, 0) is 11.2 Å². The zero-order valence-corrected chi connectivity index (χ0v) is 9.16. The molecule has 1 heterocycles. The summed E-state index contributed by atoms with van der Waals surface area (Å²) in [6, 6.07) is 1.85. The van der Waals surface area contributed by atoms with E-state index in [4.69, 9.17) is 0 Å². The first kappa shape index (κ1) is 10.8. The van der Waals surface area contributed by atoms with Crippen LogP contribution in [0.5, 0.6) is 0 Å². The Morgan fingerprint density at radius 3 is 2.50 bits per heavy atom. The Morgan fingerprint density at radius 2 is 2.00 bits per heavy atom. The maximum Gasteiger partial charge on any atom is 0.144 e. The van der Waals surface area contributed by atoms with Crippen molar-refractivity contribution in [2.24, 2.45) is 5.41 Å². The third-order valence-corrected chi connectivity index (χ3v) is 2.04. The molecule has 76 valence electrons. The molecular weight excluding hydrogens is 176 g/mol. The number of carbonyl (C=O) groups excluding carboxylic acids is 1. The summed E-state index contributed by atoms with van der Waals surface area (Å²) in [6.45, 7) is 7.66. The van der Waals surface area contributed by atoms with E-state index in [0.717, 1.165) is 11.4 Å². The molecule has 0 amide bonds. The van der Waals surface area contributed by atoms with Crippen molar-refractivity contribution in [3.8, 4) is 0 Å². The quantitative estimate of drug-likeness (QED) is 0.719. The normalized spacial score (nSPS) is 11.4. The van der Waals surface area contributed by atoms with Gasteiger partial charge in [0.25, 0.3) is 0 Å². The molecule has 14 heavy (non-hydrogen) atoms. The summed E-state index contributed by atoms with van der Waals surface area (Å²) < 4.78 is 0. The van der Waals surface area contributed by atoms with Crippen molar-refractivity contribution in [1.82, 2.24) is 9.97 Å². The minimum atomic E-state index is -0.293. The molecule has 0 atom stereocenters. The van der Waals surface area contributed by atoms with Crippen molar-refractivity contribution in [3.05, 3.63) is 23.8 Å². The number of aryl methyl sites for hydroxylation is 1. The van der Waals surface area contributed by atoms with E-state index in [9.17, 15) is 4.79 Å². The first-order valence-corrected chi connectivity index (χ1v) is 4.70. The predicted octanol–water partition coefficient (Wildman–Crippen LogP) is 1.94. The van der Waals surface area contributed by atoms with Gasteiger partial charge in [-0.3, -0.25) is 4.79 Å². The number of rotatable bonds is 2. The molecule has 0 saturated heterocycles. The smallest absolute Gasteiger partial charge is 0.144 e. The number of hydrogen-bond donors (Lipinski definition) is 0. The Hall–Kier alpha value is -1.25. The summed E-state index contributed by atoms with van der Waals surface area (Å²) in [5.41, 5.74) is 1.41. The van der Waals surface area contributed by atoms with Gasteiger partial charge in [-0.2, -0.15) is 0 Å². The van der Waals surface area contributed by atoms with Crippen molar-refractivity contribution in [2.75, 3.05) is 0 Å². The summed E-state index contributed by atoms with van der Waals surface area (Å²) >= 11 is 0. The largest absolute Gasteiger partial charge is 0.299 e. The highest BCUT2D eigenvalue weighted by Gasteiger charge is 2.21. The zero-order valence-electron chi connectivity index (χ0n) is 9.16. The Morgan fingerprint density at radius 1 is 1.36 bits per heavy atom. The standard InChI is InChI=1S/C11H16N2O/c1-8-5-9(13-7-12-8)6-10(14)11(2,3)4/h5,7H,6H2,1-4H3. The number of ketones is 1. The fourth-order valence-electron chi connectivity index (χ4n) is 1.04. The van der Waals surface area contributed by atoms with Crippen molar-refractivity contribution >= 4 is 5.78 Å². The number of nitrogens with zero attached hydrogens (tertiary/aromatic N) is 2. The minimum absolute atomic E-state index is 0.204. The Labute approximate surface area is 84.6 Å². The summed E-state index contributed by atoms with van der Waals surface area (Å²) in [4.78, 5) is 19.7. The molecule has 0 spiro atoms. The average molecular weight is 192 g/mol. The lowest BCUT2D eigenvalue weighted by Gasteiger charge is -2.15. The molecule has 1 aromatic heterocycles. The van der Waals surface area contributed by atoms with Crippen LogP contribution in [0.4, 0.5) is 0 Å². The number of Topliss-reactive ketones (excluding diaryl/α,β-unsaturated/α-hetero) is 1. The lowest BCUT2D eigenvalue weighted by molar-refractivity contribution is -0.125. The van der Waals surface area contributed by atoms with E-state index in [1.165, 1.54) is 6.33 Å². The number of hydrogen-bond acceptors (Lipinski definition) is 3. The Bertz CT molecular complexity index is 339. The maximum absolute atomic E-state index is 11.7. The third kappa shape index (κ3) is 2.91. The van der Waals surface area contributed by atoms with E-state index in [-0.39, 0.29) is 11.2 Å². The average Bonchev–Trinajstić information content (AvgIpc) is 2.02. The van der Waals surface area contributed by atoms with Crippen LogP contribution in [0.25, 0.3) is 0 Å². The topological polar surface area (TPSA) is 42.9 Å². The molecule has 0 aliphatic carbocycles. The van der Waals surface area contributed by atoms with Gasteiger partial charge >= 0.3 is 0 Å². The molecule has 1 aromatic rings. The van der Waals surface area contributed by atoms with Crippen LogP contribution in [-0.4, -0.2) is 15.8 Å². The van der Waals surface area contributed by atoms with Crippen molar-refractivity contribution in [2.45, 2.75) is 34.1 Å². The Balaban J connectivity index is 2.75. The van der Waals surface area contributed by atoms with Gasteiger partial charge in [-0.05, 0) is 13.0 Å². The fraction of sp³-hybridized carbons (Fsp3) is 0.545. The van der Waals surface area contributed by atoms with Gasteiger partial charge in [-0.25, -0.2) is 9.97 Å². The van der Waals surface area contributed by atoms with Gasteiger partial charge in [0.05, 0.1) is 5.69 Å². The van der Waals surface area contributed by atoms with Crippen LogP contribution >= 0.6 is 0 Å². The first-order chi connectivity index (χ1) is 6.39. The molecule has 0 fully saturated rings. The fourth-order valence-corrected chi connectivity index (χ4v) is 1.04. The lowest BCUT2D eigenvalue weighted by Crippen LogP contribution is -2.22. The van der Waals surface area contributed by atoms with Gasteiger partial charge in [0, 0.05) is 17.5 Å². The van der Waals surface area contributed by atoms with Crippen molar-refractivity contribution in [1.29, 1.82) is 0 Å². The molecule has 0 bridgehead atoms. The van der Waals surface area contributed by atoms with E-state index >= 15 is 0 Å². The van der Waals surface area contributed by atoms with Crippen LogP contribution in [0.3, 0.4) is 0 Å². The maximum atomic E-state index is 11.7. The van der Waals surface area contributed by atoms with E-state index in [0.29, 0.717) is 6.42 Å². The first-order valence-electron chi connectivity index (χ1n) is 4.70. The van der Waals surface area contributed by atoms with Crippen molar-refractivity contribution in [3.63, 3.8) is 0 Å². The molecule has 0 saturated carbocycles. The van der Waals surface area contributed by atoms with Crippen LogP contribution in [0.15, 0.2) is 12.4 Å². The summed E-state index contributed by atoms with van der Waals surface area (Å²) in [5, 5.41) is 0. The van der Waals surface area contributed by atoms with E-state index < -0.39 is 0 Å². The highest BCUT2D eigenvalue weighted by atomic mass is 16.1. The van der Waals surface area contributed by atoms with Crippen LogP contribution in [0, 0.1) is 12.3 Å². The summed E-state index contributed by atoms with van der Waals surface area (Å²) in [6.07, 6.45) is 1.90. The molecule has 0 aliphatic heterocycles. The van der Waals surface area contributed by atoms with Gasteiger partial charge < -0.3 is 0 Å². The van der Waals surface area contributed by atoms with E-state index in [2.05, 4.69) is 9.97 Å². The monoisotopic (exact) mass is 192 g/mol. The van der Waals surface area contributed by atoms with E-state index in [1.807, 2.05) is 33.8 Å². The highest BCUT2D eigenvalue weighted by Crippen LogP contribution is 2.16. The Kier molecular flexibility index (Phi) is 2.99. The second-order valence-corrected chi connectivity index (χ2v) is 4.50. The van der Waals surface area contributed by atoms with Crippen LogP contribution < -0.4 is 0 Å². The lowest BCUT2D eigenvalue weighted by atomic mass is 9.88. The molecule has 0 aromatic carbocycles. The van der Waals surface area contributed by atoms with Gasteiger partial charge in [0.2, 0.25) is 0 Å². The van der Waals surface area contributed by atoms with Gasteiger partial charge in [-0.15, -0.1) is 0 Å². The number of aromatic nitrogens is 2.